The summed E-state index contributed by atoms with van der Waals surface area (Å²) in [5.74, 6) is 0. The normalized spacial score (nSPS) is 14.8. The molecule has 0 saturated heterocycles. The predicted molar refractivity (Wildman–Crippen MR) is 74.7 cm³/mol. The minimum atomic E-state index is -0.458. The fourth-order valence-corrected chi connectivity index (χ4v) is 1.65. The smallest absolute Gasteiger partial charge is 0.0898 e. The Balaban J connectivity index is 2.32. The molecule has 0 radical (unpaired) electrons. The van der Waals surface area contributed by atoms with Crippen LogP contribution in [0.3, 0.4) is 0 Å². The van der Waals surface area contributed by atoms with Gasteiger partial charge < -0.3 is 15.2 Å². The number of rotatable bonds is 7. The molecule has 1 unspecified atom stereocenters. The zero-order chi connectivity index (χ0) is 13.5. The van der Waals surface area contributed by atoms with Gasteiger partial charge in [0.2, 0.25) is 0 Å². The van der Waals surface area contributed by atoms with Crippen molar-refractivity contribution in [3.8, 4) is 0 Å². The van der Waals surface area contributed by atoms with E-state index < -0.39 is 6.10 Å². The van der Waals surface area contributed by atoms with Crippen LogP contribution in [0.2, 0.25) is 0 Å². The van der Waals surface area contributed by atoms with Crippen LogP contribution in [0.25, 0.3) is 0 Å². The van der Waals surface area contributed by atoms with E-state index in [1.54, 1.807) is 0 Å². The lowest BCUT2D eigenvalue weighted by Crippen LogP contribution is -2.32. The van der Waals surface area contributed by atoms with Crippen molar-refractivity contribution in [2.45, 2.75) is 45.9 Å². The largest absolute Gasteiger partial charge is 0.389 e. The zero-order valence-corrected chi connectivity index (χ0v) is 11.8. The van der Waals surface area contributed by atoms with Gasteiger partial charge in [-0.15, -0.1) is 0 Å². The third-order valence-corrected chi connectivity index (χ3v) is 2.86. The molecule has 0 aromatic heterocycles. The molecule has 18 heavy (non-hydrogen) atoms. The second-order valence-electron chi connectivity index (χ2n) is 5.08. The Morgan fingerprint density at radius 2 is 1.78 bits per heavy atom. The average Bonchev–Trinajstić information content (AvgIpc) is 2.34. The van der Waals surface area contributed by atoms with Gasteiger partial charge in [-0.05, 0) is 33.3 Å². The van der Waals surface area contributed by atoms with Gasteiger partial charge in [0.25, 0.3) is 0 Å². The van der Waals surface area contributed by atoms with E-state index in [0.717, 1.165) is 0 Å². The third-order valence-electron chi connectivity index (χ3n) is 2.86. The minimum absolute atomic E-state index is 0.161. The molecule has 1 aromatic carbocycles. The molecular formula is C15H25NO2. The van der Waals surface area contributed by atoms with Crippen LogP contribution < -0.4 is 5.32 Å². The maximum atomic E-state index is 9.75. The summed E-state index contributed by atoms with van der Waals surface area (Å²) in [6.45, 7) is 9.03. The maximum Gasteiger partial charge on any atom is 0.0898 e. The predicted octanol–water partition coefficient (Wildman–Crippen LogP) is 2.43. The highest BCUT2D eigenvalue weighted by molar-refractivity contribution is 5.23. The van der Waals surface area contributed by atoms with Crippen LogP contribution in [0.15, 0.2) is 24.3 Å². The van der Waals surface area contributed by atoms with Gasteiger partial charge in [0.15, 0.2) is 0 Å². The van der Waals surface area contributed by atoms with Crippen molar-refractivity contribution in [3.05, 3.63) is 35.4 Å². The molecule has 1 rings (SSSR count). The second-order valence-corrected chi connectivity index (χ2v) is 5.08. The standard InChI is InChI=1S/C15H25NO2/c1-11(2)18-10-15(17)9-16-13(4)14-7-5-12(3)6-8-14/h5-8,11,13,15-17H,9-10H2,1-4H3/t13-,15?/m1/s1. The van der Waals surface area contributed by atoms with Gasteiger partial charge >= 0.3 is 0 Å². The fraction of sp³-hybridized carbons (Fsp3) is 0.600. The number of aliphatic hydroxyl groups excluding tert-OH is 1. The van der Waals surface area contributed by atoms with Crippen LogP contribution in [-0.2, 0) is 4.74 Å². The molecule has 0 bridgehead atoms. The van der Waals surface area contributed by atoms with Gasteiger partial charge in [-0.1, -0.05) is 29.8 Å². The van der Waals surface area contributed by atoms with Crippen LogP contribution in [0.4, 0.5) is 0 Å². The summed E-state index contributed by atoms with van der Waals surface area (Å²) in [6, 6.07) is 8.67. The van der Waals surface area contributed by atoms with Gasteiger partial charge in [0.05, 0.1) is 18.8 Å². The summed E-state index contributed by atoms with van der Waals surface area (Å²) < 4.78 is 5.37. The fourth-order valence-electron chi connectivity index (χ4n) is 1.65. The van der Waals surface area contributed by atoms with Crippen LogP contribution in [0.1, 0.15) is 37.9 Å². The first-order chi connectivity index (χ1) is 8.49. The number of hydrogen-bond donors (Lipinski definition) is 2. The van der Waals surface area contributed by atoms with E-state index >= 15 is 0 Å². The zero-order valence-electron chi connectivity index (χ0n) is 11.8. The van der Waals surface area contributed by atoms with Crippen LogP contribution >= 0.6 is 0 Å². The third kappa shape index (κ3) is 5.63. The molecule has 0 spiro atoms. The van der Waals surface area contributed by atoms with Gasteiger partial charge in [-0.3, -0.25) is 0 Å². The Morgan fingerprint density at radius 1 is 1.17 bits per heavy atom. The average molecular weight is 251 g/mol. The van der Waals surface area contributed by atoms with Gasteiger partial charge in [-0.25, -0.2) is 0 Å². The Labute approximate surface area is 110 Å². The van der Waals surface area contributed by atoms with Crippen molar-refractivity contribution in [2.75, 3.05) is 13.2 Å². The quantitative estimate of drug-likeness (QED) is 0.782. The highest BCUT2D eigenvalue weighted by atomic mass is 16.5. The monoisotopic (exact) mass is 251 g/mol. The Kier molecular flexibility index (Phi) is 6.33. The van der Waals surface area contributed by atoms with Gasteiger partial charge in [-0.2, -0.15) is 0 Å². The summed E-state index contributed by atoms with van der Waals surface area (Å²) in [5, 5.41) is 13.1. The molecule has 1 aromatic rings. The van der Waals surface area contributed by atoms with E-state index in [9.17, 15) is 5.11 Å². The molecule has 3 nitrogen and oxygen atoms in total. The summed E-state index contributed by atoms with van der Waals surface area (Å²) in [5.41, 5.74) is 2.49. The molecule has 2 atom stereocenters. The molecule has 0 saturated carbocycles. The van der Waals surface area contributed by atoms with Gasteiger partial charge in [0, 0.05) is 12.6 Å². The summed E-state index contributed by atoms with van der Waals surface area (Å²) in [4.78, 5) is 0. The van der Waals surface area contributed by atoms with Crippen molar-refractivity contribution < 1.29 is 9.84 Å². The minimum Gasteiger partial charge on any atom is -0.389 e. The highest BCUT2D eigenvalue weighted by Gasteiger charge is 2.09. The molecule has 0 aliphatic heterocycles. The molecule has 0 aliphatic rings. The second kappa shape index (κ2) is 7.52. The number of aryl methyl sites for hydroxylation is 1. The number of ether oxygens (including phenoxy) is 1. The van der Waals surface area contributed by atoms with Crippen LogP contribution in [-0.4, -0.2) is 30.5 Å². The van der Waals surface area contributed by atoms with E-state index in [0.29, 0.717) is 13.2 Å². The summed E-state index contributed by atoms with van der Waals surface area (Å²) >= 11 is 0. The first-order valence-corrected chi connectivity index (χ1v) is 6.58. The first kappa shape index (κ1) is 15.2. The molecule has 0 fully saturated rings. The van der Waals surface area contributed by atoms with E-state index in [1.807, 2.05) is 13.8 Å². The Morgan fingerprint density at radius 3 is 2.33 bits per heavy atom. The van der Waals surface area contributed by atoms with E-state index in [1.165, 1.54) is 11.1 Å². The van der Waals surface area contributed by atoms with E-state index in [2.05, 4.69) is 43.4 Å². The van der Waals surface area contributed by atoms with Crippen molar-refractivity contribution in [1.29, 1.82) is 0 Å². The number of nitrogens with one attached hydrogen (secondary N) is 1. The number of hydrogen-bond acceptors (Lipinski definition) is 3. The molecule has 0 aliphatic carbocycles. The molecule has 3 heteroatoms. The number of aliphatic hydroxyl groups is 1. The Hall–Kier alpha value is -0.900. The topological polar surface area (TPSA) is 41.5 Å². The molecule has 102 valence electrons. The van der Waals surface area contributed by atoms with Crippen molar-refractivity contribution in [2.24, 2.45) is 0 Å². The lowest BCUT2D eigenvalue weighted by atomic mass is 10.1. The maximum absolute atomic E-state index is 9.75. The van der Waals surface area contributed by atoms with Crippen LogP contribution in [0, 0.1) is 6.92 Å². The van der Waals surface area contributed by atoms with Crippen molar-refractivity contribution in [3.63, 3.8) is 0 Å². The highest BCUT2D eigenvalue weighted by Crippen LogP contribution is 2.12. The number of benzene rings is 1. The molecule has 0 heterocycles. The summed E-state index contributed by atoms with van der Waals surface area (Å²) in [7, 11) is 0. The lowest BCUT2D eigenvalue weighted by Gasteiger charge is -2.18. The van der Waals surface area contributed by atoms with Crippen molar-refractivity contribution >= 4 is 0 Å². The molecular weight excluding hydrogens is 226 g/mol. The molecule has 2 N–H and O–H groups in total. The Bertz CT molecular complexity index is 335. The summed E-state index contributed by atoms with van der Waals surface area (Å²) in [6.07, 6.45) is -0.297. The molecule has 0 amide bonds. The van der Waals surface area contributed by atoms with E-state index in [-0.39, 0.29) is 12.1 Å². The SMILES string of the molecule is Cc1ccc([C@@H](C)NCC(O)COC(C)C)cc1. The van der Waals surface area contributed by atoms with Crippen molar-refractivity contribution in [1.82, 2.24) is 5.32 Å². The van der Waals surface area contributed by atoms with Crippen LogP contribution in [0.5, 0.6) is 0 Å². The first-order valence-electron chi connectivity index (χ1n) is 6.58. The lowest BCUT2D eigenvalue weighted by molar-refractivity contribution is 0.00560. The van der Waals surface area contributed by atoms with E-state index in [4.69, 9.17) is 4.74 Å². The van der Waals surface area contributed by atoms with Gasteiger partial charge in [0.1, 0.15) is 0 Å².